The number of rotatable bonds is 6. The molecule has 3 aliphatic rings. The van der Waals surface area contributed by atoms with Gasteiger partial charge in [0.1, 0.15) is 27.4 Å². The zero-order chi connectivity index (χ0) is 22.7. The average molecular weight is 486 g/mol. The summed E-state index contributed by atoms with van der Waals surface area (Å²) in [4.78, 5) is 0.416. The molecular formula is C23H23N3O5S2. The van der Waals surface area contributed by atoms with Gasteiger partial charge in [0, 0.05) is 23.1 Å². The lowest BCUT2D eigenvalue weighted by molar-refractivity contribution is 0.375. The average Bonchev–Trinajstić information content (AvgIpc) is 3.49. The summed E-state index contributed by atoms with van der Waals surface area (Å²) in [6.07, 6.45) is 2.95. The second-order valence-electron chi connectivity index (χ2n) is 8.52. The van der Waals surface area contributed by atoms with E-state index in [0.717, 1.165) is 42.6 Å². The Kier molecular flexibility index (Phi) is 4.77. The molecule has 3 aromatic rings. The molecule has 2 aliphatic carbocycles. The van der Waals surface area contributed by atoms with Crippen molar-refractivity contribution in [2.24, 2.45) is 0 Å². The van der Waals surface area contributed by atoms with Gasteiger partial charge < -0.3 is 14.0 Å². The van der Waals surface area contributed by atoms with Gasteiger partial charge in [-0.05, 0) is 49.1 Å². The van der Waals surface area contributed by atoms with E-state index >= 15 is 0 Å². The number of hydrogen-bond acceptors (Lipinski definition) is 6. The molecule has 2 fully saturated rings. The topological polar surface area (TPSA) is 93.9 Å². The molecule has 8 nitrogen and oxygen atoms in total. The molecule has 0 amide bonds. The zero-order valence-electron chi connectivity index (χ0n) is 18.3. The molecule has 172 valence electrons. The number of ether oxygens (including phenoxy) is 2. The lowest BCUT2D eigenvalue weighted by Crippen LogP contribution is -2.42. The number of nitrogens with one attached hydrogen (secondary N) is 1. The van der Waals surface area contributed by atoms with Gasteiger partial charge in [-0.2, -0.15) is 0 Å². The smallest absolute Gasteiger partial charge is 0.185 e. The zero-order valence-corrected chi connectivity index (χ0v) is 19.9. The molecule has 1 saturated heterocycles. The fourth-order valence-electron chi connectivity index (χ4n) is 4.78. The van der Waals surface area contributed by atoms with E-state index in [4.69, 9.17) is 14.0 Å². The van der Waals surface area contributed by atoms with Crippen molar-refractivity contribution in [3.05, 3.63) is 47.5 Å². The number of aromatic nitrogens is 1. The van der Waals surface area contributed by atoms with Gasteiger partial charge in [0.15, 0.2) is 22.6 Å². The molecule has 2 aromatic carbocycles. The fourth-order valence-corrected chi connectivity index (χ4v) is 6.75. The number of hydrogen-bond donors (Lipinski definition) is 1. The van der Waals surface area contributed by atoms with E-state index in [1.165, 1.54) is 19.8 Å². The second kappa shape index (κ2) is 7.59. The molecule has 1 saturated carbocycles. The molecule has 1 spiro atoms. The van der Waals surface area contributed by atoms with E-state index in [-0.39, 0.29) is 5.41 Å². The molecule has 2 heterocycles. The number of anilines is 2. The van der Waals surface area contributed by atoms with Crippen LogP contribution in [0.5, 0.6) is 11.5 Å². The maximum atomic E-state index is 13.3. The molecule has 6 rings (SSSR count). The highest BCUT2D eigenvalue weighted by Gasteiger charge is 2.50. The Morgan fingerprint density at radius 1 is 1.18 bits per heavy atom. The van der Waals surface area contributed by atoms with Crippen LogP contribution in [0.15, 0.2) is 45.8 Å². The summed E-state index contributed by atoms with van der Waals surface area (Å²) < 4.78 is 46.9. The maximum Gasteiger partial charge on any atom is 0.185 e. The Morgan fingerprint density at radius 3 is 2.55 bits per heavy atom. The van der Waals surface area contributed by atoms with Crippen LogP contribution < -0.4 is 18.5 Å². The third kappa shape index (κ3) is 3.18. The first-order valence-electron chi connectivity index (χ1n) is 10.7. The second-order valence-corrected chi connectivity index (χ2v) is 11.2. The SMILES string of the molecule is COc1cccc(OC)c1S(=O)Nc1noc2c1CC1(CC1)c1ccc(N3CCS3=O)cc1-2. The predicted octanol–water partition coefficient (Wildman–Crippen LogP) is 3.56. The van der Waals surface area contributed by atoms with Gasteiger partial charge in [-0.3, -0.25) is 9.03 Å². The first-order chi connectivity index (χ1) is 16.0. The largest absolute Gasteiger partial charge is 0.495 e. The summed E-state index contributed by atoms with van der Waals surface area (Å²) >= 11 is 0. The Balaban J connectivity index is 1.39. The number of fused-ring (bicyclic) bond motifs is 4. The van der Waals surface area contributed by atoms with E-state index in [2.05, 4.69) is 28.1 Å². The van der Waals surface area contributed by atoms with Gasteiger partial charge in [-0.15, -0.1) is 0 Å². The van der Waals surface area contributed by atoms with Crippen LogP contribution in [0.4, 0.5) is 11.5 Å². The summed E-state index contributed by atoms with van der Waals surface area (Å²) in [7, 11) is 0.425. The van der Waals surface area contributed by atoms with E-state index in [0.29, 0.717) is 33.7 Å². The van der Waals surface area contributed by atoms with Gasteiger partial charge in [0.05, 0.1) is 25.7 Å². The molecule has 0 bridgehead atoms. The van der Waals surface area contributed by atoms with Crippen molar-refractivity contribution in [2.45, 2.75) is 29.6 Å². The first-order valence-corrected chi connectivity index (χ1v) is 13.2. The minimum atomic E-state index is -1.68. The van der Waals surface area contributed by atoms with Crippen LogP contribution in [0.2, 0.25) is 0 Å². The lowest BCUT2D eigenvalue weighted by Gasteiger charge is -2.33. The molecule has 33 heavy (non-hydrogen) atoms. The number of nitrogens with zero attached hydrogens (tertiary/aromatic N) is 2. The van der Waals surface area contributed by atoms with Crippen molar-refractivity contribution in [1.82, 2.24) is 5.16 Å². The minimum absolute atomic E-state index is 0.0561. The molecule has 1 aliphatic heterocycles. The van der Waals surface area contributed by atoms with Crippen LogP contribution in [0.1, 0.15) is 24.0 Å². The molecule has 10 heteroatoms. The monoisotopic (exact) mass is 485 g/mol. The Labute approximate surface area is 196 Å². The maximum absolute atomic E-state index is 13.3. The molecule has 0 radical (unpaired) electrons. The van der Waals surface area contributed by atoms with Crippen LogP contribution in [0.3, 0.4) is 0 Å². The van der Waals surface area contributed by atoms with Crippen molar-refractivity contribution in [2.75, 3.05) is 35.5 Å². The van der Waals surface area contributed by atoms with E-state index in [1.54, 1.807) is 18.2 Å². The van der Waals surface area contributed by atoms with E-state index in [1.807, 2.05) is 4.31 Å². The highest BCUT2D eigenvalue weighted by molar-refractivity contribution is 7.88. The molecule has 1 N–H and O–H groups in total. The van der Waals surface area contributed by atoms with Gasteiger partial charge in [0.25, 0.3) is 0 Å². The van der Waals surface area contributed by atoms with Crippen molar-refractivity contribution in [3.8, 4) is 22.8 Å². The van der Waals surface area contributed by atoms with Crippen LogP contribution in [-0.4, -0.2) is 40.1 Å². The standard InChI is InChI=1S/C23H23N3O5S2/c1-29-18-4-3-5-19(30-2)21(18)33(28)25-22-16-13-23(8-9-23)17-7-6-14(26-10-11-32(26)27)12-15(17)20(16)31-24-22/h3-7,12H,8-11,13H2,1-2H3,(H,24,25). The van der Waals surface area contributed by atoms with Crippen LogP contribution >= 0.6 is 0 Å². The number of benzene rings is 2. The molecule has 1 aromatic heterocycles. The van der Waals surface area contributed by atoms with Crippen molar-refractivity contribution in [3.63, 3.8) is 0 Å². The molecule has 2 atom stereocenters. The normalized spacial score (nSPS) is 20.4. The summed E-state index contributed by atoms with van der Waals surface area (Å²) in [5.74, 6) is 2.77. The summed E-state index contributed by atoms with van der Waals surface area (Å²) in [6, 6.07) is 11.5. The van der Waals surface area contributed by atoms with Crippen molar-refractivity contribution >= 4 is 33.5 Å². The Bertz CT molecular complexity index is 1300. The Morgan fingerprint density at radius 2 is 1.94 bits per heavy atom. The highest BCUT2D eigenvalue weighted by Crippen LogP contribution is 2.58. The van der Waals surface area contributed by atoms with Gasteiger partial charge >= 0.3 is 0 Å². The summed E-state index contributed by atoms with van der Waals surface area (Å²) in [6.45, 7) is 0.784. The lowest BCUT2D eigenvalue weighted by atomic mass is 9.79. The van der Waals surface area contributed by atoms with Crippen LogP contribution in [0, 0.1) is 0 Å². The van der Waals surface area contributed by atoms with Crippen molar-refractivity contribution < 1.29 is 22.4 Å². The third-order valence-corrected chi connectivity index (χ3v) is 9.30. The van der Waals surface area contributed by atoms with E-state index < -0.39 is 22.0 Å². The van der Waals surface area contributed by atoms with Crippen LogP contribution in [-0.2, 0) is 33.8 Å². The van der Waals surface area contributed by atoms with E-state index in [9.17, 15) is 8.42 Å². The minimum Gasteiger partial charge on any atom is -0.495 e. The summed E-state index contributed by atoms with van der Waals surface area (Å²) in [5.41, 5.74) is 4.14. The number of methoxy groups -OCH3 is 2. The predicted molar refractivity (Wildman–Crippen MR) is 126 cm³/mol. The fraction of sp³-hybridized carbons (Fsp3) is 0.348. The highest BCUT2D eigenvalue weighted by atomic mass is 32.2. The quantitative estimate of drug-likeness (QED) is 0.574. The molecule has 2 unspecified atom stereocenters. The van der Waals surface area contributed by atoms with Gasteiger partial charge in [-0.1, -0.05) is 17.3 Å². The van der Waals surface area contributed by atoms with Gasteiger partial charge in [-0.25, -0.2) is 8.42 Å². The molecular weight excluding hydrogens is 462 g/mol. The summed E-state index contributed by atoms with van der Waals surface area (Å²) in [5, 5.41) is 4.26. The van der Waals surface area contributed by atoms with Gasteiger partial charge in [0.2, 0.25) is 0 Å². The third-order valence-electron chi connectivity index (χ3n) is 6.74. The Hall–Kier alpha value is -2.85. The van der Waals surface area contributed by atoms with Crippen molar-refractivity contribution in [1.29, 1.82) is 0 Å². The van der Waals surface area contributed by atoms with Crippen LogP contribution in [0.25, 0.3) is 11.3 Å². The first kappa shape index (κ1) is 20.7.